The summed E-state index contributed by atoms with van der Waals surface area (Å²) in [5, 5.41) is 11.5. The zero-order chi connectivity index (χ0) is 16.2. The molecule has 0 aliphatic carbocycles. The molecule has 2 N–H and O–H groups in total. The molecular formula is C16H18N2O4. The number of oxazole rings is 1. The molecule has 0 aliphatic heterocycles. The van der Waals surface area contributed by atoms with Crippen LogP contribution in [-0.2, 0) is 4.79 Å². The number of aliphatic carboxylic acids is 1. The highest BCUT2D eigenvalue weighted by Crippen LogP contribution is 2.19. The summed E-state index contributed by atoms with van der Waals surface area (Å²) in [4.78, 5) is 27.0. The SMILES string of the molecule is CC(C)(CCC(=O)O)NC(=O)c1coc(-c2ccccc2)n1. The van der Waals surface area contributed by atoms with Crippen molar-refractivity contribution in [3.8, 4) is 11.5 Å². The lowest BCUT2D eigenvalue weighted by molar-refractivity contribution is -0.137. The maximum absolute atomic E-state index is 12.2. The van der Waals surface area contributed by atoms with Crippen LogP contribution >= 0.6 is 0 Å². The van der Waals surface area contributed by atoms with Gasteiger partial charge in [0.15, 0.2) is 5.69 Å². The Morgan fingerprint density at radius 3 is 2.59 bits per heavy atom. The van der Waals surface area contributed by atoms with Gasteiger partial charge >= 0.3 is 5.97 Å². The van der Waals surface area contributed by atoms with Crippen LogP contribution in [0.5, 0.6) is 0 Å². The van der Waals surface area contributed by atoms with Crippen LogP contribution in [0.25, 0.3) is 11.5 Å². The molecule has 6 nitrogen and oxygen atoms in total. The average molecular weight is 302 g/mol. The monoisotopic (exact) mass is 302 g/mol. The molecule has 1 aromatic heterocycles. The molecule has 1 amide bonds. The standard InChI is InChI=1S/C16H18N2O4/c1-16(2,9-8-13(19)20)18-14(21)12-10-22-15(17-12)11-6-4-3-5-7-11/h3-7,10H,8-9H2,1-2H3,(H,18,21)(H,19,20). The number of carbonyl (C=O) groups is 2. The molecule has 0 fully saturated rings. The van der Waals surface area contributed by atoms with E-state index in [0.717, 1.165) is 5.56 Å². The van der Waals surface area contributed by atoms with Crippen LogP contribution in [0.1, 0.15) is 37.2 Å². The number of hydrogen-bond donors (Lipinski definition) is 2. The lowest BCUT2D eigenvalue weighted by atomic mass is 9.98. The number of hydrogen-bond acceptors (Lipinski definition) is 4. The number of aromatic nitrogens is 1. The summed E-state index contributed by atoms with van der Waals surface area (Å²) in [5.41, 5.74) is 0.315. The molecule has 0 radical (unpaired) electrons. The van der Waals surface area contributed by atoms with Crippen LogP contribution in [0, 0.1) is 0 Å². The smallest absolute Gasteiger partial charge is 0.303 e. The summed E-state index contributed by atoms with van der Waals surface area (Å²) in [6.45, 7) is 3.54. The van der Waals surface area contributed by atoms with Crippen LogP contribution in [0.2, 0.25) is 0 Å². The van der Waals surface area contributed by atoms with Crippen molar-refractivity contribution >= 4 is 11.9 Å². The maximum Gasteiger partial charge on any atom is 0.303 e. The lowest BCUT2D eigenvalue weighted by Crippen LogP contribution is -2.43. The average Bonchev–Trinajstić information content (AvgIpc) is 2.96. The Bertz CT molecular complexity index is 662. The van der Waals surface area contributed by atoms with Crippen molar-refractivity contribution in [3.05, 3.63) is 42.3 Å². The van der Waals surface area contributed by atoms with E-state index in [-0.39, 0.29) is 18.0 Å². The van der Waals surface area contributed by atoms with Crippen molar-refractivity contribution in [2.75, 3.05) is 0 Å². The first-order valence-corrected chi connectivity index (χ1v) is 6.93. The molecule has 6 heteroatoms. The van der Waals surface area contributed by atoms with Gasteiger partial charge in [-0.25, -0.2) is 4.98 Å². The Labute approximate surface area is 128 Å². The van der Waals surface area contributed by atoms with Gasteiger partial charge in [0.05, 0.1) is 0 Å². The Morgan fingerprint density at radius 2 is 1.95 bits per heavy atom. The van der Waals surface area contributed by atoms with E-state index in [0.29, 0.717) is 12.3 Å². The largest absolute Gasteiger partial charge is 0.481 e. The van der Waals surface area contributed by atoms with Crippen molar-refractivity contribution in [1.82, 2.24) is 10.3 Å². The molecule has 0 saturated carbocycles. The zero-order valence-corrected chi connectivity index (χ0v) is 12.5. The van der Waals surface area contributed by atoms with Crippen LogP contribution in [0.15, 0.2) is 41.0 Å². The molecule has 0 aliphatic rings. The van der Waals surface area contributed by atoms with Crippen molar-refractivity contribution in [2.24, 2.45) is 0 Å². The molecule has 1 heterocycles. The van der Waals surface area contributed by atoms with Gasteiger partial charge in [0.2, 0.25) is 5.89 Å². The summed E-state index contributed by atoms with van der Waals surface area (Å²) in [5.74, 6) is -0.912. The second kappa shape index (κ2) is 6.43. The zero-order valence-electron chi connectivity index (χ0n) is 12.5. The third kappa shape index (κ3) is 4.18. The number of amides is 1. The summed E-state index contributed by atoms with van der Waals surface area (Å²) < 4.78 is 5.32. The molecule has 0 atom stereocenters. The second-order valence-electron chi connectivity index (χ2n) is 5.64. The summed E-state index contributed by atoms with van der Waals surface area (Å²) in [6.07, 6.45) is 1.61. The second-order valence-corrected chi connectivity index (χ2v) is 5.64. The van der Waals surface area contributed by atoms with E-state index in [9.17, 15) is 9.59 Å². The van der Waals surface area contributed by atoms with E-state index in [1.807, 2.05) is 30.3 Å². The minimum absolute atomic E-state index is 0.0125. The van der Waals surface area contributed by atoms with Crippen molar-refractivity contribution in [3.63, 3.8) is 0 Å². The Balaban J connectivity index is 2.04. The van der Waals surface area contributed by atoms with E-state index in [1.54, 1.807) is 13.8 Å². The normalized spacial score (nSPS) is 11.2. The fourth-order valence-corrected chi connectivity index (χ4v) is 1.94. The minimum Gasteiger partial charge on any atom is -0.481 e. The Morgan fingerprint density at radius 1 is 1.27 bits per heavy atom. The van der Waals surface area contributed by atoms with Crippen LogP contribution in [0.4, 0.5) is 0 Å². The first-order valence-electron chi connectivity index (χ1n) is 6.93. The molecule has 0 bridgehead atoms. The third-order valence-electron chi connectivity index (χ3n) is 3.17. The summed E-state index contributed by atoms with van der Waals surface area (Å²) in [6, 6.07) is 9.27. The number of carbonyl (C=O) groups excluding carboxylic acids is 1. The van der Waals surface area contributed by atoms with Gasteiger partial charge in [0.25, 0.3) is 5.91 Å². The molecule has 1 aromatic carbocycles. The molecular weight excluding hydrogens is 284 g/mol. The molecule has 2 aromatic rings. The van der Waals surface area contributed by atoms with Gasteiger partial charge in [0.1, 0.15) is 6.26 Å². The molecule has 0 spiro atoms. The third-order valence-corrected chi connectivity index (χ3v) is 3.17. The van der Waals surface area contributed by atoms with E-state index in [2.05, 4.69) is 10.3 Å². The van der Waals surface area contributed by atoms with E-state index in [4.69, 9.17) is 9.52 Å². The van der Waals surface area contributed by atoms with E-state index in [1.165, 1.54) is 6.26 Å². The topological polar surface area (TPSA) is 92.4 Å². The number of nitrogens with zero attached hydrogens (tertiary/aromatic N) is 1. The van der Waals surface area contributed by atoms with Crippen molar-refractivity contribution < 1.29 is 19.1 Å². The maximum atomic E-state index is 12.2. The number of nitrogens with one attached hydrogen (secondary N) is 1. The van der Waals surface area contributed by atoms with Gasteiger partial charge in [-0.05, 0) is 32.4 Å². The van der Waals surface area contributed by atoms with Crippen LogP contribution in [-0.4, -0.2) is 27.5 Å². The van der Waals surface area contributed by atoms with Crippen molar-refractivity contribution in [1.29, 1.82) is 0 Å². The Hall–Kier alpha value is -2.63. The first kappa shape index (κ1) is 15.8. The van der Waals surface area contributed by atoms with Crippen molar-refractivity contribution in [2.45, 2.75) is 32.2 Å². The van der Waals surface area contributed by atoms with E-state index < -0.39 is 11.5 Å². The fraction of sp³-hybridized carbons (Fsp3) is 0.312. The molecule has 0 saturated heterocycles. The van der Waals surface area contributed by atoms with Gasteiger partial charge in [-0.1, -0.05) is 18.2 Å². The van der Waals surface area contributed by atoms with E-state index >= 15 is 0 Å². The highest BCUT2D eigenvalue weighted by atomic mass is 16.4. The van der Waals surface area contributed by atoms with Gasteiger partial charge in [0, 0.05) is 17.5 Å². The lowest BCUT2D eigenvalue weighted by Gasteiger charge is -2.24. The van der Waals surface area contributed by atoms with Gasteiger partial charge < -0.3 is 14.8 Å². The minimum atomic E-state index is -0.893. The summed E-state index contributed by atoms with van der Waals surface area (Å²) in [7, 11) is 0. The summed E-state index contributed by atoms with van der Waals surface area (Å²) >= 11 is 0. The number of rotatable bonds is 6. The highest BCUT2D eigenvalue weighted by Gasteiger charge is 2.24. The Kier molecular flexibility index (Phi) is 4.60. The quantitative estimate of drug-likeness (QED) is 0.856. The molecule has 22 heavy (non-hydrogen) atoms. The fourth-order valence-electron chi connectivity index (χ4n) is 1.94. The molecule has 0 unspecified atom stereocenters. The van der Waals surface area contributed by atoms with Crippen LogP contribution < -0.4 is 5.32 Å². The molecule has 2 rings (SSSR count). The predicted molar refractivity (Wildman–Crippen MR) is 80.4 cm³/mol. The van der Waals surface area contributed by atoms with Gasteiger partial charge in [-0.15, -0.1) is 0 Å². The first-order chi connectivity index (χ1) is 10.4. The van der Waals surface area contributed by atoms with Crippen LogP contribution in [0.3, 0.4) is 0 Å². The number of benzene rings is 1. The molecule has 116 valence electrons. The predicted octanol–water partition coefficient (Wildman–Crippen LogP) is 2.71. The number of carboxylic acid groups (broad SMARTS) is 1. The van der Waals surface area contributed by atoms with Gasteiger partial charge in [-0.3, -0.25) is 9.59 Å². The highest BCUT2D eigenvalue weighted by molar-refractivity contribution is 5.92. The number of carboxylic acids is 1. The van der Waals surface area contributed by atoms with Gasteiger partial charge in [-0.2, -0.15) is 0 Å².